The van der Waals surface area contributed by atoms with E-state index in [0.717, 1.165) is 24.3 Å². The molecule has 1 N–H and O–H groups in total. The summed E-state index contributed by atoms with van der Waals surface area (Å²) in [5, 5.41) is 10.6. The lowest BCUT2D eigenvalue weighted by atomic mass is 9.79. The second-order valence-corrected chi connectivity index (χ2v) is 7.76. The number of benzene rings is 1. The van der Waals surface area contributed by atoms with Crippen LogP contribution in [0.2, 0.25) is 0 Å². The Morgan fingerprint density at radius 1 is 1.16 bits per heavy atom. The fourth-order valence-corrected chi connectivity index (χ4v) is 4.01. The number of rotatable bonds is 8. The summed E-state index contributed by atoms with van der Waals surface area (Å²) in [5.41, 5.74) is 0.870. The normalized spacial score (nSPS) is 23.0. The van der Waals surface area contributed by atoms with Crippen molar-refractivity contribution in [2.24, 2.45) is 11.8 Å². The van der Waals surface area contributed by atoms with E-state index in [2.05, 4.69) is 6.92 Å². The van der Waals surface area contributed by atoms with Crippen LogP contribution in [0.1, 0.15) is 76.9 Å². The van der Waals surface area contributed by atoms with E-state index in [1.807, 2.05) is 44.3 Å². The summed E-state index contributed by atoms with van der Waals surface area (Å²) in [6.07, 6.45) is 9.01. The molecule has 1 fully saturated rings. The molecule has 0 heterocycles. The lowest BCUT2D eigenvalue weighted by Gasteiger charge is -2.35. The zero-order valence-electron chi connectivity index (χ0n) is 16.2. The number of hydrogen-bond acceptors (Lipinski definition) is 2. The molecule has 1 aromatic rings. The predicted octanol–water partition coefficient (Wildman–Crippen LogP) is 4.95. The Kier molecular flexibility index (Phi) is 7.95. The Labute approximate surface area is 153 Å². The van der Waals surface area contributed by atoms with Crippen LogP contribution in [0.3, 0.4) is 0 Å². The van der Waals surface area contributed by atoms with Gasteiger partial charge in [-0.05, 0) is 44.1 Å². The third kappa shape index (κ3) is 5.57. The Morgan fingerprint density at radius 2 is 1.80 bits per heavy atom. The number of nitrogens with zero attached hydrogens (tertiary/aromatic N) is 1. The van der Waals surface area contributed by atoms with Crippen molar-refractivity contribution in [1.29, 1.82) is 0 Å². The second-order valence-electron chi connectivity index (χ2n) is 7.76. The lowest BCUT2D eigenvalue weighted by Crippen LogP contribution is -2.43. The van der Waals surface area contributed by atoms with Crippen molar-refractivity contribution in [3.63, 3.8) is 0 Å². The number of unbranched alkanes of at least 4 members (excludes halogenated alkanes) is 2. The average molecular weight is 346 g/mol. The minimum Gasteiger partial charge on any atom is -0.386 e. The van der Waals surface area contributed by atoms with E-state index >= 15 is 0 Å². The minimum absolute atomic E-state index is 0.137. The summed E-state index contributed by atoms with van der Waals surface area (Å²) in [4.78, 5) is 14.6. The number of hydrogen-bond donors (Lipinski definition) is 1. The zero-order chi connectivity index (χ0) is 18.2. The molecule has 2 atom stereocenters. The monoisotopic (exact) mass is 345 g/mol. The molecule has 140 valence electrons. The first kappa shape index (κ1) is 20.0. The standard InChI is InChI=1S/C22H35NO2/c1-4-5-7-10-18-13-15-20(16-14-18)22(25)23(3)17(2)21(24)19-11-8-6-9-12-19/h6,8-9,11-12,17-18,20-21,24H,4-5,7,10,13-16H2,1-3H3/t17-,18-,20-,21+/m1/s1. The van der Waals surface area contributed by atoms with Gasteiger partial charge in [0.05, 0.1) is 12.1 Å². The first-order valence-corrected chi connectivity index (χ1v) is 10.0. The van der Waals surface area contributed by atoms with Crippen molar-refractivity contribution in [2.75, 3.05) is 7.05 Å². The number of aliphatic hydroxyl groups excluding tert-OH is 1. The van der Waals surface area contributed by atoms with Crippen LogP contribution in [-0.4, -0.2) is 29.0 Å². The molecule has 3 heteroatoms. The van der Waals surface area contributed by atoms with Gasteiger partial charge in [0.15, 0.2) is 0 Å². The van der Waals surface area contributed by atoms with E-state index < -0.39 is 6.10 Å². The van der Waals surface area contributed by atoms with Crippen LogP contribution >= 0.6 is 0 Å². The van der Waals surface area contributed by atoms with Crippen LogP contribution in [-0.2, 0) is 4.79 Å². The van der Waals surface area contributed by atoms with Gasteiger partial charge in [-0.2, -0.15) is 0 Å². The molecule has 0 saturated heterocycles. The maximum Gasteiger partial charge on any atom is 0.225 e. The molecule has 1 saturated carbocycles. The van der Waals surface area contributed by atoms with E-state index in [9.17, 15) is 9.90 Å². The zero-order valence-corrected chi connectivity index (χ0v) is 16.2. The van der Waals surface area contributed by atoms with Gasteiger partial charge in [-0.25, -0.2) is 0 Å². The van der Waals surface area contributed by atoms with Crippen LogP contribution in [0.5, 0.6) is 0 Å². The molecule has 0 spiro atoms. The fraction of sp³-hybridized carbons (Fsp3) is 0.682. The molecule has 1 aliphatic rings. The molecular weight excluding hydrogens is 310 g/mol. The second kappa shape index (κ2) is 9.96. The molecular formula is C22H35NO2. The molecule has 1 aromatic carbocycles. The van der Waals surface area contributed by atoms with Gasteiger partial charge in [0.2, 0.25) is 5.91 Å². The topological polar surface area (TPSA) is 40.5 Å². The third-order valence-electron chi connectivity index (χ3n) is 5.97. The summed E-state index contributed by atoms with van der Waals surface area (Å²) < 4.78 is 0. The van der Waals surface area contributed by atoms with E-state index in [0.29, 0.717) is 0 Å². The van der Waals surface area contributed by atoms with E-state index in [4.69, 9.17) is 0 Å². The van der Waals surface area contributed by atoms with Gasteiger partial charge < -0.3 is 10.0 Å². The van der Waals surface area contributed by atoms with Crippen LogP contribution in [0.25, 0.3) is 0 Å². The minimum atomic E-state index is -0.638. The maximum atomic E-state index is 12.9. The van der Waals surface area contributed by atoms with Crippen molar-refractivity contribution in [2.45, 2.75) is 77.4 Å². The highest BCUT2D eigenvalue weighted by atomic mass is 16.3. The fourth-order valence-electron chi connectivity index (χ4n) is 4.01. The van der Waals surface area contributed by atoms with Gasteiger partial charge in [-0.3, -0.25) is 4.79 Å². The summed E-state index contributed by atoms with van der Waals surface area (Å²) in [6, 6.07) is 9.41. The average Bonchev–Trinajstić information content (AvgIpc) is 2.67. The van der Waals surface area contributed by atoms with Crippen LogP contribution < -0.4 is 0 Å². The van der Waals surface area contributed by atoms with Gasteiger partial charge in [0.1, 0.15) is 0 Å². The highest BCUT2D eigenvalue weighted by Crippen LogP contribution is 2.33. The smallest absolute Gasteiger partial charge is 0.225 e. The van der Waals surface area contributed by atoms with Crippen molar-refractivity contribution in [1.82, 2.24) is 4.90 Å². The highest BCUT2D eigenvalue weighted by Gasteiger charge is 2.31. The van der Waals surface area contributed by atoms with Crippen molar-refractivity contribution < 1.29 is 9.90 Å². The Morgan fingerprint density at radius 3 is 2.40 bits per heavy atom. The quantitative estimate of drug-likeness (QED) is 0.677. The number of likely N-dealkylation sites (N-methyl/N-ethyl adjacent to an activating group) is 1. The molecule has 0 aliphatic heterocycles. The molecule has 0 radical (unpaired) electrons. The molecule has 25 heavy (non-hydrogen) atoms. The summed E-state index contributed by atoms with van der Waals surface area (Å²) >= 11 is 0. The SMILES string of the molecule is CCCCC[C@H]1CC[C@H](C(=O)N(C)[C@H](C)[C@H](O)c2ccccc2)CC1. The lowest BCUT2D eigenvalue weighted by molar-refractivity contribution is -0.139. The van der Waals surface area contributed by atoms with Gasteiger partial charge in [-0.15, -0.1) is 0 Å². The summed E-state index contributed by atoms with van der Waals surface area (Å²) in [5.74, 6) is 1.15. The van der Waals surface area contributed by atoms with E-state index in [1.54, 1.807) is 4.90 Å². The Balaban J connectivity index is 1.84. The van der Waals surface area contributed by atoms with Crippen LogP contribution in [0, 0.1) is 11.8 Å². The number of carbonyl (C=O) groups is 1. The largest absolute Gasteiger partial charge is 0.386 e. The van der Waals surface area contributed by atoms with Gasteiger partial charge >= 0.3 is 0 Å². The first-order chi connectivity index (χ1) is 12.0. The van der Waals surface area contributed by atoms with Crippen molar-refractivity contribution in [3.8, 4) is 0 Å². The highest BCUT2D eigenvalue weighted by molar-refractivity contribution is 5.79. The molecule has 0 unspecified atom stereocenters. The molecule has 2 rings (SSSR count). The van der Waals surface area contributed by atoms with Crippen molar-refractivity contribution in [3.05, 3.63) is 35.9 Å². The van der Waals surface area contributed by atoms with Gasteiger partial charge in [0.25, 0.3) is 0 Å². The van der Waals surface area contributed by atoms with Gasteiger partial charge in [0, 0.05) is 13.0 Å². The predicted molar refractivity (Wildman–Crippen MR) is 103 cm³/mol. The summed E-state index contributed by atoms with van der Waals surface area (Å²) in [6.45, 7) is 4.18. The van der Waals surface area contributed by atoms with Crippen LogP contribution in [0.4, 0.5) is 0 Å². The molecule has 1 aliphatic carbocycles. The number of amides is 1. The van der Waals surface area contributed by atoms with Gasteiger partial charge in [-0.1, -0.05) is 62.9 Å². The van der Waals surface area contributed by atoms with Crippen molar-refractivity contribution >= 4 is 5.91 Å². The number of aliphatic hydroxyl groups is 1. The Bertz CT molecular complexity index is 508. The maximum absolute atomic E-state index is 12.9. The van der Waals surface area contributed by atoms with E-state index in [1.165, 1.54) is 38.5 Å². The molecule has 0 bridgehead atoms. The molecule has 0 aromatic heterocycles. The molecule has 3 nitrogen and oxygen atoms in total. The number of carbonyl (C=O) groups excluding carboxylic acids is 1. The van der Waals surface area contributed by atoms with Crippen LogP contribution in [0.15, 0.2) is 30.3 Å². The first-order valence-electron chi connectivity index (χ1n) is 10.0. The summed E-state index contributed by atoms with van der Waals surface area (Å²) in [7, 11) is 1.84. The molecule has 1 amide bonds. The third-order valence-corrected chi connectivity index (χ3v) is 5.97. The Hall–Kier alpha value is -1.35. The van der Waals surface area contributed by atoms with E-state index in [-0.39, 0.29) is 17.9 Å².